The minimum atomic E-state index is -4.74. The third-order valence-electron chi connectivity index (χ3n) is 3.25. The standard InChI is InChI=1S/C16H16F3NO/c1-2-11-7-3-4-8-12(11)15(20)13-9-5-6-10-14(13)21-16(17,18)19/h3-10,15H,2,20H2,1H3. The molecular weight excluding hydrogens is 279 g/mol. The molecule has 0 saturated heterocycles. The van der Waals surface area contributed by atoms with Gasteiger partial charge in [-0.2, -0.15) is 0 Å². The van der Waals surface area contributed by atoms with E-state index in [1.807, 2.05) is 31.2 Å². The number of aryl methyl sites for hydroxylation is 1. The van der Waals surface area contributed by atoms with Gasteiger partial charge in [0.15, 0.2) is 0 Å². The maximum absolute atomic E-state index is 12.5. The van der Waals surface area contributed by atoms with E-state index in [1.165, 1.54) is 12.1 Å². The van der Waals surface area contributed by atoms with E-state index >= 15 is 0 Å². The van der Waals surface area contributed by atoms with Gasteiger partial charge in [-0.3, -0.25) is 0 Å². The number of alkyl halides is 3. The summed E-state index contributed by atoms with van der Waals surface area (Å²) in [7, 11) is 0. The van der Waals surface area contributed by atoms with Gasteiger partial charge in [-0.1, -0.05) is 49.4 Å². The molecule has 0 saturated carbocycles. The number of hydrogen-bond acceptors (Lipinski definition) is 2. The second-order valence-corrected chi connectivity index (χ2v) is 4.62. The molecule has 2 aromatic rings. The van der Waals surface area contributed by atoms with Gasteiger partial charge in [0, 0.05) is 5.56 Å². The quantitative estimate of drug-likeness (QED) is 0.917. The lowest BCUT2D eigenvalue weighted by molar-refractivity contribution is -0.274. The van der Waals surface area contributed by atoms with Crippen LogP contribution in [0.25, 0.3) is 0 Å². The molecule has 0 aromatic heterocycles. The molecule has 0 aliphatic heterocycles. The third kappa shape index (κ3) is 3.76. The number of hydrogen-bond donors (Lipinski definition) is 1. The van der Waals surface area contributed by atoms with Crippen molar-refractivity contribution in [3.05, 3.63) is 65.2 Å². The summed E-state index contributed by atoms with van der Waals surface area (Å²) >= 11 is 0. The van der Waals surface area contributed by atoms with Crippen molar-refractivity contribution in [1.82, 2.24) is 0 Å². The molecule has 5 heteroatoms. The Kier molecular flexibility index (Phi) is 4.53. The van der Waals surface area contributed by atoms with Crippen LogP contribution in [0, 0.1) is 0 Å². The van der Waals surface area contributed by atoms with Crippen LogP contribution < -0.4 is 10.5 Å². The highest BCUT2D eigenvalue weighted by atomic mass is 19.4. The predicted octanol–water partition coefficient (Wildman–Crippen LogP) is 4.20. The maximum atomic E-state index is 12.5. The summed E-state index contributed by atoms with van der Waals surface area (Å²) in [6, 6.07) is 12.7. The smallest absolute Gasteiger partial charge is 0.405 e. The van der Waals surface area contributed by atoms with Crippen molar-refractivity contribution in [3.63, 3.8) is 0 Å². The number of benzene rings is 2. The molecule has 0 spiro atoms. The number of ether oxygens (including phenoxy) is 1. The highest BCUT2D eigenvalue weighted by Gasteiger charge is 2.32. The van der Waals surface area contributed by atoms with Gasteiger partial charge in [0.2, 0.25) is 0 Å². The van der Waals surface area contributed by atoms with Crippen molar-refractivity contribution in [3.8, 4) is 5.75 Å². The van der Waals surface area contributed by atoms with Crippen molar-refractivity contribution in [2.75, 3.05) is 0 Å². The van der Waals surface area contributed by atoms with Crippen molar-refractivity contribution < 1.29 is 17.9 Å². The Balaban J connectivity index is 2.42. The van der Waals surface area contributed by atoms with E-state index in [2.05, 4.69) is 4.74 Å². The molecule has 0 heterocycles. The largest absolute Gasteiger partial charge is 0.573 e. The number of halogens is 3. The lowest BCUT2D eigenvalue weighted by Gasteiger charge is -2.20. The lowest BCUT2D eigenvalue weighted by atomic mass is 9.93. The molecule has 2 rings (SSSR count). The fourth-order valence-corrected chi connectivity index (χ4v) is 2.28. The van der Waals surface area contributed by atoms with E-state index in [0.29, 0.717) is 5.56 Å². The van der Waals surface area contributed by atoms with Crippen LogP contribution in [-0.4, -0.2) is 6.36 Å². The summed E-state index contributed by atoms with van der Waals surface area (Å²) in [6.07, 6.45) is -3.98. The number of nitrogens with two attached hydrogens (primary N) is 1. The Morgan fingerprint density at radius 3 is 2.19 bits per heavy atom. The second kappa shape index (κ2) is 6.18. The molecule has 1 atom stereocenters. The van der Waals surface area contributed by atoms with Gasteiger partial charge >= 0.3 is 6.36 Å². The van der Waals surface area contributed by atoms with Gasteiger partial charge in [-0.05, 0) is 23.6 Å². The van der Waals surface area contributed by atoms with Gasteiger partial charge in [0.25, 0.3) is 0 Å². The summed E-state index contributed by atoms with van der Waals surface area (Å²) in [4.78, 5) is 0. The van der Waals surface area contributed by atoms with Crippen LogP contribution in [0.4, 0.5) is 13.2 Å². The Hall–Kier alpha value is -2.01. The molecule has 1 unspecified atom stereocenters. The van der Waals surface area contributed by atoms with Crippen molar-refractivity contribution in [2.45, 2.75) is 25.7 Å². The van der Waals surface area contributed by atoms with Gasteiger partial charge in [0.05, 0.1) is 6.04 Å². The van der Waals surface area contributed by atoms with Crippen molar-refractivity contribution in [1.29, 1.82) is 0 Å². The Bertz CT molecular complexity index is 610. The van der Waals surface area contributed by atoms with Crippen LogP contribution in [0.1, 0.15) is 29.7 Å². The zero-order valence-corrected chi connectivity index (χ0v) is 11.5. The number of rotatable bonds is 4. The first kappa shape index (κ1) is 15.4. The monoisotopic (exact) mass is 295 g/mol. The fraction of sp³-hybridized carbons (Fsp3) is 0.250. The van der Waals surface area contributed by atoms with E-state index in [0.717, 1.165) is 17.5 Å². The minimum absolute atomic E-state index is 0.261. The molecule has 2 aromatic carbocycles. The Morgan fingerprint density at radius 2 is 1.57 bits per heavy atom. The molecule has 112 valence electrons. The van der Waals surface area contributed by atoms with Gasteiger partial charge in [-0.25, -0.2) is 0 Å². The van der Waals surface area contributed by atoms with Gasteiger partial charge in [0.1, 0.15) is 5.75 Å². The highest BCUT2D eigenvalue weighted by molar-refractivity contribution is 5.43. The van der Waals surface area contributed by atoms with E-state index in [-0.39, 0.29) is 5.75 Å². The third-order valence-corrected chi connectivity index (χ3v) is 3.25. The van der Waals surface area contributed by atoms with Crippen LogP contribution >= 0.6 is 0 Å². The molecule has 0 aliphatic carbocycles. The highest BCUT2D eigenvalue weighted by Crippen LogP contribution is 2.33. The average Bonchev–Trinajstić information content (AvgIpc) is 2.45. The molecule has 0 amide bonds. The summed E-state index contributed by atoms with van der Waals surface area (Å²) < 4.78 is 41.5. The molecule has 0 fully saturated rings. The topological polar surface area (TPSA) is 35.2 Å². The zero-order chi connectivity index (χ0) is 15.5. The second-order valence-electron chi connectivity index (χ2n) is 4.62. The summed E-state index contributed by atoms with van der Waals surface area (Å²) in [5.74, 6) is -0.261. The normalized spacial score (nSPS) is 13.0. The first-order valence-corrected chi connectivity index (χ1v) is 6.60. The van der Waals surface area contributed by atoms with E-state index in [9.17, 15) is 13.2 Å². The van der Waals surface area contributed by atoms with Crippen molar-refractivity contribution >= 4 is 0 Å². The molecule has 0 aliphatic rings. The summed E-state index contributed by atoms with van der Waals surface area (Å²) in [5, 5.41) is 0. The molecule has 2 N–H and O–H groups in total. The molecular formula is C16H16F3NO. The molecule has 0 bridgehead atoms. The van der Waals surface area contributed by atoms with Gasteiger partial charge < -0.3 is 10.5 Å². The predicted molar refractivity (Wildman–Crippen MR) is 75.0 cm³/mol. The van der Waals surface area contributed by atoms with Crippen LogP contribution in [-0.2, 0) is 6.42 Å². The fourth-order valence-electron chi connectivity index (χ4n) is 2.28. The van der Waals surface area contributed by atoms with E-state index in [4.69, 9.17) is 5.73 Å². The van der Waals surface area contributed by atoms with Crippen LogP contribution in [0.5, 0.6) is 5.75 Å². The summed E-state index contributed by atoms with van der Waals surface area (Å²) in [6.45, 7) is 1.98. The van der Waals surface area contributed by atoms with Crippen molar-refractivity contribution in [2.24, 2.45) is 5.73 Å². The van der Waals surface area contributed by atoms with Crippen LogP contribution in [0.15, 0.2) is 48.5 Å². The SMILES string of the molecule is CCc1ccccc1C(N)c1ccccc1OC(F)(F)F. The molecule has 2 nitrogen and oxygen atoms in total. The van der Waals surface area contributed by atoms with Crippen LogP contribution in [0.2, 0.25) is 0 Å². The van der Waals surface area contributed by atoms with Gasteiger partial charge in [-0.15, -0.1) is 13.2 Å². The minimum Gasteiger partial charge on any atom is -0.405 e. The molecule has 21 heavy (non-hydrogen) atoms. The molecule has 0 radical (unpaired) electrons. The lowest BCUT2D eigenvalue weighted by Crippen LogP contribution is -2.21. The van der Waals surface area contributed by atoms with Crippen LogP contribution in [0.3, 0.4) is 0 Å². The number of para-hydroxylation sites is 1. The first-order valence-electron chi connectivity index (χ1n) is 6.60. The first-order chi connectivity index (χ1) is 9.92. The zero-order valence-electron chi connectivity index (χ0n) is 11.5. The summed E-state index contributed by atoms with van der Waals surface area (Å²) in [5.41, 5.74) is 8.29. The Labute approximate surface area is 121 Å². The maximum Gasteiger partial charge on any atom is 0.573 e. The van der Waals surface area contributed by atoms with E-state index in [1.54, 1.807) is 12.1 Å². The Morgan fingerprint density at radius 1 is 1.00 bits per heavy atom. The average molecular weight is 295 g/mol. The van der Waals surface area contributed by atoms with E-state index < -0.39 is 12.4 Å².